The number of aromatic nitrogens is 1. The first kappa shape index (κ1) is 33.3. The molecule has 0 bridgehead atoms. The lowest BCUT2D eigenvalue weighted by Gasteiger charge is -2.35. The van der Waals surface area contributed by atoms with Crippen LogP contribution >= 0.6 is 0 Å². The van der Waals surface area contributed by atoms with Crippen LogP contribution < -0.4 is 5.32 Å². The minimum Gasteiger partial charge on any atom is -0.373 e. The van der Waals surface area contributed by atoms with E-state index in [0.717, 1.165) is 52.2 Å². The summed E-state index contributed by atoms with van der Waals surface area (Å²) in [6.07, 6.45) is 3.10. The van der Waals surface area contributed by atoms with E-state index in [1.54, 1.807) is 19.2 Å². The maximum Gasteiger partial charge on any atom is 0.258 e. The second kappa shape index (κ2) is 16.0. The third-order valence-corrected chi connectivity index (χ3v) is 8.89. The first-order valence-electron chi connectivity index (χ1n) is 16.8. The SMILES string of the molecule is CCCc1c(C(=O)Nc2ccccc2)c(-c2ccccc2)c(-c2ccc(F)cc2)n1CCC1C[C@@H](OCc2ccccc2)CC(OC)O1. The fourth-order valence-corrected chi connectivity index (χ4v) is 6.63. The Labute approximate surface area is 282 Å². The van der Waals surface area contributed by atoms with Gasteiger partial charge in [0.15, 0.2) is 6.29 Å². The Bertz CT molecular complexity index is 1760. The number of hydrogen-bond acceptors (Lipinski definition) is 4. The monoisotopic (exact) mass is 646 g/mol. The fourth-order valence-electron chi connectivity index (χ4n) is 6.63. The van der Waals surface area contributed by atoms with Crippen LogP contribution in [0.3, 0.4) is 0 Å². The van der Waals surface area contributed by atoms with Crippen molar-refractivity contribution in [1.82, 2.24) is 4.57 Å². The second-order valence-corrected chi connectivity index (χ2v) is 12.2. The molecule has 0 aliphatic carbocycles. The number of benzene rings is 4. The molecule has 6 nitrogen and oxygen atoms in total. The Balaban J connectivity index is 1.39. The number of ether oxygens (including phenoxy) is 3. The van der Waals surface area contributed by atoms with Crippen LogP contribution in [0.4, 0.5) is 10.1 Å². The van der Waals surface area contributed by atoms with Gasteiger partial charge >= 0.3 is 0 Å². The van der Waals surface area contributed by atoms with E-state index in [9.17, 15) is 9.18 Å². The highest BCUT2D eigenvalue weighted by Crippen LogP contribution is 2.41. The molecular formula is C41H43FN2O4. The smallest absolute Gasteiger partial charge is 0.258 e. The molecule has 0 saturated carbocycles. The van der Waals surface area contributed by atoms with E-state index >= 15 is 0 Å². The number of anilines is 1. The molecule has 1 fully saturated rings. The number of rotatable bonds is 13. The predicted octanol–water partition coefficient (Wildman–Crippen LogP) is 9.29. The van der Waals surface area contributed by atoms with Crippen LogP contribution in [-0.4, -0.2) is 36.1 Å². The van der Waals surface area contributed by atoms with Crippen LogP contribution in [0.2, 0.25) is 0 Å². The Morgan fingerprint density at radius 3 is 2.21 bits per heavy atom. The van der Waals surface area contributed by atoms with E-state index in [0.29, 0.717) is 38.0 Å². The Kier molecular flexibility index (Phi) is 11.1. The average Bonchev–Trinajstić information content (AvgIpc) is 3.45. The van der Waals surface area contributed by atoms with Gasteiger partial charge in [-0.05, 0) is 65.9 Å². The predicted molar refractivity (Wildman–Crippen MR) is 188 cm³/mol. The lowest BCUT2D eigenvalue weighted by atomic mass is 9.95. The topological polar surface area (TPSA) is 61.7 Å². The number of halogens is 1. The van der Waals surface area contributed by atoms with E-state index in [-0.39, 0.29) is 30.2 Å². The number of carbonyl (C=O) groups excluding carboxylic acids is 1. The molecule has 1 saturated heterocycles. The van der Waals surface area contributed by atoms with Crippen LogP contribution in [0, 0.1) is 5.82 Å². The molecule has 48 heavy (non-hydrogen) atoms. The molecule has 5 aromatic rings. The zero-order valence-corrected chi connectivity index (χ0v) is 27.6. The number of nitrogens with one attached hydrogen (secondary N) is 1. The molecule has 1 N–H and O–H groups in total. The van der Waals surface area contributed by atoms with E-state index in [2.05, 4.69) is 28.9 Å². The highest BCUT2D eigenvalue weighted by molar-refractivity contribution is 6.12. The van der Waals surface area contributed by atoms with Crippen molar-refractivity contribution >= 4 is 11.6 Å². The fraction of sp³-hybridized carbons (Fsp3) is 0.293. The summed E-state index contributed by atoms with van der Waals surface area (Å²) in [6, 6.07) is 36.2. The van der Waals surface area contributed by atoms with Crippen LogP contribution in [0.25, 0.3) is 22.4 Å². The van der Waals surface area contributed by atoms with Gasteiger partial charge < -0.3 is 24.1 Å². The third kappa shape index (κ3) is 7.93. The first-order valence-corrected chi connectivity index (χ1v) is 16.8. The van der Waals surface area contributed by atoms with Crippen LogP contribution in [-0.2, 0) is 33.8 Å². The summed E-state index contributed by atoms with van der Waals surface area (Å²) in [5.41, 5.74) is 6.92. The lowest BCUT2D eigenvalue weighted by Crippen LogP contribution is -2.38. The summed E-state index contributed by atoms with van der Waals surface area (Å²) in [7, 11) is 1.67. The van der Waals surface area contributed by atoms with Gasteiger partial charge in [0.2, 0.25) is 0 Å². The molecule has 4 aromatic carbocycles. The van der Waals surface area contributed by atoms with Crippen molar-refractivity contribution in [2.24, 2.45) is 0 Å². The molecule has 7 heteroatoms. The summed E-state index contributed by atoms with van der Waals surface area (Å²) in [5, 5.41) is 3.15. The Morgan fingerprint density at radius 2 is 1.54 bits per heavy atom. The molecule has 1 aliphatic rings. The summed E-state index contributed by atoms with van der Waals surface area (Å²) >= 11 is 0. The van der Waals surface area contributed by atoms with E-state index in [4.69, 9.17) is 14.2 Å². The largest absolute Gasteiger partial charge is 0.373 e. The van der Waals surface area contributed by atoms with Crippen LogP contribution in [0.5, 0.6) is 0 Å². The Morgan fingerprint density at radius 1 is 0.875 bits per heavy atom. The van der Waals surface area contributed by atoms with Gasteiger partial charge in [0.1, 0.15) is 5.82 Å². The zero-order chi connectivity index (χ0) is 33.3. The molecule has 6 rings (SSSR count). The zero-order valence-electron chi connectivity index (χ0n) is 27.6. The molecule has 2 unspecified atom stereocenters. The number of para-hydroxylation sites is 1. The molecule has 0 radical (unpaired) electrons. The van der Waals surface area contributed by atoms with Crippen molar-refractivity contribution in [3.63, 3.8) is 0 Å². The summed E-state index contributed by atoms with van der Waals surface area (Å²) in [4.78, 5) is 14.3. The van der Waals surface area contributed by atoms with Gasteiger partial charge in [0.05, 0.1) is 30.1 Å². The highest BCUT2D eigenvalue weighted by Gasteiger charge is 2.32. The van der Waals surface area contributed by atoms with E-state index < -0.39 is 0 Å². The van der Waals surface area contributed by atoms with Crippen LogP contribution in [0.15, 0.2) is 115 Å². The van der Waals surface area contributed by atoms with Gasteiger partial charge in [-0.25, -0.2) is 4.39 Å². The molecule has 2 heterocycles. The average molecular weight is 647 g/mol. The minimum atomic E-state index is -0.368. The van der Waals surface area contributed by atoms with Gasteiger partial charge in [0.25, 0.3) is 5.91 Å². The molecular weight excluding hydrogens is 603 g/mol. The van der Waals surface area contributed by atoms with Gasteiger partial charge in [0, 0.05) is 43.4 Å². The van der Waals surface area contributed by atoms with Gasteiger partial charge in [-0.15, -0.1) is 0 Å². The molecule has 0 spiro atoms. The number of methoxy groups -OCH3 is 1. The molecule has 3 atom stereocenters. The number of hydrogen-bond donors (Lipinski definition) is 1. The van der Waals surface area contributed by atoms with E-state index in [1.807, 2.05) is 78.9 Å². The lowest BCUT2D eigenvalue weighted by molar-refractivity contribution is -0.214. The molecule has 1 amide bonds. The van der Waals surface area contributed by atoms with Crippen molar-refractivity contribution in [3.8, 4) is 22.4 Å². The quantitative estimate of drug-likeness (QED) is 0.139. The molecule has 1 aromatic heterocycles. The number of amides is 1. The maximum atomic E-state index is 14.3. The Hall–Kier alpha value is -4.56. The van der Waals surface area contributed by atoms with Crippen LogP contribution in [0.1, 0.15) is 54.2 Å². The number of nitrogens with zero attached hydrogens (tertiary/aromatic N) is 1. The molecule has 248 valence electrons. The van der Waals surface area contributed by atoms with Crippen molar-refractivity contribution < 1.29 is 23.4 Å². The van der Waals surface area contributed by atoms with E-state index in [1.165, 1.54) is 12.1 Å². The van der Waals surface area contributed by atoms with Crippen molar-refractivity contribution in [1.29, 1.82) is 0 Å². The first-order chi connectivity index (χ1) is 23.5. The third-order valence-electron chi connectivity index (χ3n) is 8.89. The second-order valence-electron chi connectivity index (χ2n) is 12.2. The highest BCUT2D eigenvalue weighted by atomic mass is 19.1. The van der Waals surface area contributed by atoms with Gasteiger partial charge in [-0.1, -0.05) is 92.2 Å². The standard InChI is InChI=1S/C41H43FN2O4/c1-3-13-36-39(41(45)43-33-18-11-6-12-19-33)38(30-16-9-5-10-17-30)40(31-20-22-32(42)23-21-31)44(36)25-24-34-26-35(27-37(46-2)48-34)47-28-29-14-7-4-8-15-29/h4-12,14-23,34-35,37H,3,13,24-28H2,1-2H3,(H,43,45)/t34?,35-,37?/m1/s1. The molecule has 1 aliphatic heterocycles. The van der Waals surface area contributed by atoms with Crippen molar-refractivity contribution in [3.05, 3.63) is 138 Å². The minimum absolute atomic E-state index is 0.0164. The number of carbonyl (C=O) groups is 1. The maximum absolute atomic E-state index is 14.3. The van der Waals surface area contributed by atoms with Crippen molar-refractivity contribution in [2.75, 3.05) is 12.4 Å². The van der Waals surface area contributed by atoms with Gasteiger partial charge in [-0.3, -0.25) is 4.79 Å². The summed E-state index contributed by atoms with van der Waals surface area (Å²) < 4.78 is 35.0. The van der Waals surface area contributed by atoms with Crippen molar-refractivity contribution in [2.45, 2.75) is 70.7 Å². The summed E-state index contributed by atoms with van der Waals surface area (Å²) in [5.74, 6) is -0.481. The normalized spacial score (nSPS) is 17.7. The summed E-state index contributed by atoms with van der Waals surface area (Å²) in [6.45, 7) is 3.24. The van der Waals surface area contributed by atoms with Gasteiger partial charge in [-0.2, -0.15) is 0 Å².